The molecule has 2 N–H and O–H groups in total. The van der Waals surface area contributed by atoms with Gasteiger partial charge in [0, 0.05) is 5.41 Å². The molecule has 3 aromatic carbocycles. The smallest absolute Gasteiger partial charge is 0.0727 e. The minimum absolute atomic E-state index is 0.111. The summed E-state index contributed by atoms with van der Waals surface area (Å²) in [6, 6.07) is 33.1. The molecule has 31 heavy (non-hydrogen) atoms. The molecule has 0 saturated heterocycles. The molecular weight excluding hydrogens is 394 g/mol. The minimum Gasteiger partial charge on any atom is -0.393 e. The fraction of sp³-hybridized carbons (Fsp3) is 0.345. The fourth-order valence-electron chi connectivity index (χ4n) is 4.67. The van der Waals surface area contributed by atoms with Crippen molar-refractivity contribution in [1.29, 1.82) is 0 Å². The summed E-state index contributed by atoms with van der Waals surface area (Å²) in [5.74, 6) is 0. The van der Waals surface area contributed by atoms with Crippen molar-refractivity contribution in [2.45, 2.75) is 63.2 Å². The van der Waals surface area contributed by atoms with Crippen molar-refractivity contribution in [2.24, 2.45) is 5.73 Å². The van der Waals surface area contributed by atoms with Gasteiger partial charge in [0.05, 0.1) is 4.99 Å². The lowest BCUT2D eigenvalue weighted by molar-refractivity contribution is 0.496. The summed E-state index contributed by atoms with van der Waals surface area (Å²) < 4.78 is 0. The topological polar surface area (TPSA) is 26.0 Å². The van der Waals surface area contributed by atoms with Crippen LogP contribution in [-0.2, 0) is 5.41 Å². The zero-order valence-corrected chi connectivity index (χ0v) is 19.3. The van der Waals surface area contributed by atoms with E-state index >= 15 is 0 Å². The highest BCUT2D eigenvalue weighted by Gasteiger charge is 2.35. The first kappa shape index (κ1) is 23.2. The molecule has 162 valence electrons. The summed E-state index contributed by atoms with van der Waals surface area (Å²) in [7, 11) is 0. The van der Waals surface area contributed by atoms with Crippen molar-refractivity contribution in [3.63, 3.8) is 0 Å². The summed E-state index contributed by atoms with van der Waals surface area (Å²) >= 11 is 4.96. The Morgan fingerprint density at radius 1 is 0.548 bits per heavy atom. The highest BCUT2D eigenvalue weighted by atomic mass is 32.1. The standard InChI is InChI=1S/C29H35NS/c30-28(31)23-15-4-2-1-3-5-16-24-29(25-17-9-6-10-18-25,26-19-11-7-12-20-26)27-21-13-8-14-22-27/h6-14,17-22H,1-5,15-16,23-24H2,(H2,30,31). The molecule has 0 heterocycles. The van der Waals surface area contributed by atoms with Gasteiger partial charge >= 0.3 is 0 Å². The fourth-order valence-corrected chi connectivity index (χ4v) is 4.82. The van der Waals surface area contributed by atoms with Gasteiger partial charge in [0.15, 0.2) is 0 Å². The lowest BCUT2D eigenvalue weighted by Gasteiger charge is -2.36. The Morgan fingerprint density at radius 3 is 1.29 bits per heavy atom. The molecule has 0 unspecified atom stereocenters. The number of rotatable bonds is 13. The van der Waals surface area contributed by atoms with Gasteiger partial charge in [-0.15, -0.1) is 0 Å². The zero-order chi connectivity index (χ0) is 21.8. The molecule has 0 aliphatic heterocycles. The molecular formula is C29H35NS. The Bertz CT molecular complexity index is 793. The molecule has 0 saturated carbocycles. The molecule has 3 aromatic rings. The van der Waals surface area contributed by atoms with Gasteiger partial charge in [-0.1, -0.05) is 142 Å². The van der Waals surface area contributed by atoms with Crippen molar-refractivity contribution >= 4 is 17.2 Å². The highest BCUT2D eigenvalue weighted by Crippen LogP contribution is 2.43. The SMILES string of the molecule is NC(=S)CCCCCCCCCC(c1ccccc1)(c1ccccc1)c1ccccc1. The monoisotopic (exact) mass is 429 g/mol. The Labute approximate surface area is 193 Å². The van der Waals surface area contributed by atoms with E-state index in [0.29, 0.717) is 4.99 Å². The van der Waals surface area contributed by atoms with Gasteiger partial charge < -0.3 is 5.73 Å². The average molecular weight is 430 g/mol. The van der Waals surface area contributed by atoms with Crippen LogP contribution in [0, 0.1) is 0 Å². The number of hydrogen-bond donors (Lipinski definition) is 1. The summed E-state index contributed by atoms with van der Waals surface area (Å²) in [5.41, 5.74) is 9.62. The summed E-state index contributed by atoms with van der Waals surface area (Å²) in [6.45, 7) is 0. The van der Waals surface area contributed by atoms with E-state index in [2.05, 4.69) is 91.0 Å². The lowest BCUT2D eigenvalue weighted by atomic mass is 9.66. The molecule has 0 amide bonds. The Morgan fingerprint density at radius 2 is 0.903 bits per heavy atom. The first-order valence-corrected chi connectivity index (χ1v) is 12.1. The minimum atomic E-state index is -0.111. The third-order valence-electron chi connectivity index (χ3n) is 6.27. The summed E-state index contributed by atoms with van der Waals surface area (Å²) in [6.07, 6.45) is 10.7. The third-order valence-corrected chi connectivity index (χ3v) is 6.48. The Kier molecular flexibility index (Phi) is 9.30. The van der Waals surface area contributed by atoms with Gasteiger partial charge in [0.1, 0.15) is 0 Å². The van der Waals surface area contributed by atoms with E-state index in [4.69, 9.17) is 18.0 Å². The molecule has 0 spiro atoms. The molecule has 0 fully saturated rings. The lowest BCUT2D eigenvalue weighted by Crippen LogP contribution is -2.29. The maximum Gasteiger partial charge on any atom is 0.0727 e. The van der Waals surface area contributed by atoms with Crippen molar-refractivity contribution in [2.75, 3.05) is 0 Å². The summed E-state index contributed by atoms with van der Waals surface area (Å²) in [4.78, 5) is 0.652. The van der Waals surface area contributed by atoms with Crippen LogP contribution in [0.2, 0.25) is 0 Å². The predicted octanol–water partition coefficient (Wildman–Crippen LogP) is 7.82. The first-order valence-electron chi connectivity index (χ1n) is 11.7. The van der Waals surface area contributed by atoms with Crippen LogP contribution >= 0.6 is 12.2 Å². The van der Waals surface area contributed by atoms with Crippen molar-refractivity contribution < 1.29 is 0 Å². The van der Waals surface area contributed by atoms with E-state index in [-0.39, 0.29) is 5.41 Å². The van der Waals surface area contributed by atoms with Crippen LogP contribution in [0.5, 0.6) is 0 Å². The van der Waals surface area contributed by atoms with Crippen LogP contribution in [0.4, 0.5) is 0 Å². The largest absolute Gasteiger partial charge is 0.393 e. The molecule has 2 heteroatoms. The second-order valence-corrected chi connectivity index (χ2v) is 8.97. The number of unbranched alkanes of at least 4 members (excludes halogenated alkanes) is 6. The van der Waals surface area contributed by atoms with Gasteiger partial charge in [-0.25, -0.2) is 0 Å². The number of benzene rings is 3. The van der Waals surface area contributed by atoms with E-state index < -0.39 is 0 Å². The molecule has 0 atom stereocenters. The van der Waals surface area contributed by atoms with E-state index in [1.807, 2.05) is 0 Å². The maximum atomic E-state index is 5.59. The van der Waals surface area contributed by atoms with Crippen molar-refractivity contribution in [3.05, 3.63) is 108 Å². The molecule has 3 rings (SSSR count). The maximum absolute atomic E-state index is 5.59. The van der Waals surface area contributed by atoms with Gasteiger partial charge in [-0.2, -0.15) is 0 Å². The highest BCUT2D eigenvalue weighted by molar-refractivity contribution is 7.80. The Hall–Kier alpha value is -2.45. The molecule has 0 radical (unpaired) electrons. The molecule has 1 nitrogen and oxygen atoms in total. The zero-order valence-electron chi connectivity index (χ0n) is 18.5. The van der Waals surface area contributed by atoms with Gasteiger partial charge in [-0.05, 0) is 36.0 Å². The van der Waals surface area contributed by atoms with Crippen LogP contribution in [-0.4, -0.2) is 4.99 Å². The van der Waals surface area contributed by atoms with E-state index in [0.717, 1.165) is 19.3 Å². The quantitative estimate of drug-likeness (QED) is 0.170. The second-order valence-electron chi connectivity index (χ2n) is 8.44. The van der Waals surface area contributed by atoms with Gasteiger partial charge in [0.2, 0.25) is 0 Å². The average Bonchev–Trinajstić information content (AvgIpc) is 2.82. The van der Waals surface area contributed by atoms with Crippen LogP contribution in [0.15, 0.2) is 91.0 Å². The van der Waals surface area contributed by atoms with Gasteiger partial charge in [0.25, 0.3) is 0 Å². The van der Waals surface area contributed by atoms with E-state index in [9.17, 15) is 0 Å². The molecule has 0 aliphatic rings. The third kappa shape index (κ3) is 6.51. The van der Waals surface area contributed by atoms with Crippen LogP contribution in [0.1, 0.15) is 74.5 Å². The molecule has 0 aromatic heterocycles. The number of thiocarbonyl (C=S) groups is 1. The van der Waals surface area contributed by atoms with E-state index in [1.165, 1.54) is 55.2 Å². The van der Waals surface area contributed by atoms with Crippen LogP contribution in [0.25, 0.3) is 0 Å². The summed E-state index contributed by atoms with van der Waals surface area (Å²) in [5, 5.41) is 0. The van der Waals surface area contributed by atoms with Crippen LogP contribution < -0.4 is 5.73 Å². The molecule has 0 aliphatic carbocycles. The van der Waals surface area contributed by atoms with Crippen molar-refractivity contribution in [3.8, 4) is 0 Å². The number of nitrogens with two attached hydrogens (primary N) is 1. The van der Waals surface area contributed by atoms with Gasteiger partial charge in [-0.3, -0.25) is 0 Å². The molecule has 0 bridgehead atoms. The van der Waals surface area contributed by atoms with Crippen LogP contribution in [0.3, 0.4) is 0 Å². The first-order chi connectivity index (χ1) is 15.2. The Balaban J connectivity index is 1.72. The van der Waals surface area contributed by atoms with Crippen molar-refractivity contribution in [1.82, 2.24) is 0 Å². The number of hydrogen-bond acceptors (Lipinski definition) is 1. The van der Waals surface area contributed by atoms with E-state index in [1.54, 1.807) is 0 Å². The second kappa shape index (κ2) is 12.4. The predicted molar refractivity (Wildman–Crippen MR) is 138 cm³/mol. The normalized spacial score (nSPS) is 11.4.